The number of benzene rings is 1. The van der Waals surface area contributed by atoms with E-state index in [-0.39, 0.29) is 24.5 Å². The number of rotatable bonds is 6. The van der Waals surface area contributed by atoms with Crippen molar-refractivity contribution >= 4 is 50.6 Å². The second-order valence-electron chi connectivity index (χ2n) is 4.41. The summed E-state index contributed by atoms with van der Waals surface area (Å²) in [6, 6.07) is 10.8. The molecule has 1 N–H and O–H groups in total. The average Bonchev–Trinajstić information content (AvgIpc) is 2.89. The average molecular weight is 387 g/mol. The molecule has 0 aliphatic rings. The first kappa shape index (κ1) is 16.2. The van der Waals surface area contributed by atoms with Crippen LogP contribution in [0.2, 0.25) is 4.34 Å². The normalized spacial score (nSPS) is 10.4. The van der Waals surface area contributed by atoms with Crippen LogP contribution in [0.3, 0.4) is 0 Å². The van der Waals surface area contributed by atoms with E-state index < -0.39 is 0 Å². The van der Waals surface area contributed by atoms with Gasteiger partial charge in [0, 0.05) is 27.8 Å². The first-order chi connectivity index (χ1) is 10.0. The Morgan fingerprint density at radius 1 is 1.10 bits per heavy atom. The molecule has 0 unspecified atom stereocenters. The number of nitrogens with one attached hydrogen (secondary N) is 1. The van der Waals surface area contributed by atoms with Crippen molar-refractivity contribution in [1.29, 1.82) is 0 Å². The molecule has 3 nitrogen and oxygen atoms in total. The molecule has 0 spiro atoms. The number of hydrogen-bond acceptors (Lipinski definition) is 3. The summed E-state index contributed by atoms with van der Waals surface area (Å²) in [6.45, 7) is 0.447. The summed E-state index contributed by atoms with van der Waals surface area (Å²) in [6.07, 6.45) is 0.396. The van der Waals surface area contributed by atoms with E-state index in [1.165, 1.54) is 11.3 Å². The Bertz CT molecular complexity index is 639. The van der Waals surface area contributed by atoms with Gasteiger partial charge in [0.2, 0.25) is 5.91 Å². The molecule has 1 aromatic carbocycles. The first-order valence-electron chi connectivity index (χ1n) is 6.34. The third kappa shape index (κ3) is 5.26. The Labute approximate surface area is 140 Å². The quantitative estimate of drug-likeness (QED) is 0.746. The number of carbonyl (C=O) groups is 2. The lowest BCUT2D eigenvalue weighted by Crippen LogP contribution is -2.22. The Morgan fingerprint density at radius 3 is 2.43 bits per heavy atom. The molecule has 0 bridgehead atoms. The molecule has 2 aromatic rings. The van der Waals surface area contributed by atoms with E-state index >= 15 is 0 Å². The first-order valence-corrected chi connectivity index (χ1v) is 8.33. The SMILES string of the molecule is O=C(CCC(=O)c1ccc(Br)cc1)NCc1ccc(Cl)s1. The molecule has 1 aromatic heterocycles. The van der Waals surface area contributed by atoms with E-state index in [0.29, 0.717) is 16.4 Å². The highest BCUT2D eigenvalue weighted by Gasteiger charge is 2.09. The fourth-order valence-corrected chi connectivity index (χ4v) is 3.02. The van der Waals surface area contributed by atoms with Gasteiger partial charge in [0.15, 0.2) is 5.78 Å². The van der Waals surface area contributed by atoms with Crippen LogP contribution in [0.5, 0.6) is 0 Å². The molecule has 0 atom stereocenters. The molecule has 1 amide bonds. The predicted molar refractivity (Wildman–Crippen MR) is 88.9 cm³/mol. The van der Waals surface area contributed by atoms with Gasteiger partial charge in [-0.05, 0) is 24.3 Å². The molecule has 0 saturated carbocycles. The van der Waals surface area contributed by atoms with Crippen molar-refractivity contribution in [3.05, 3.63) is 55.6 Å². The second-order valence-corrected chi connectivity index (χ2v) is 7.13. The van der Waals surface area contributed by atoms with Crippen molar-refractivity contribution in [3.63, 3.8) is 0 Å². The van der Waals surface area contributed by atoms with Crippen LogP contribution in [0.4, 0.5) is 0 Å². The van der Waals surface area contributed by atoms with Gasteiger partial charge in [0.25, 0.3) is 0 Å². The summed E-state index contributed by atoms with van der Waals surface area (Å²) in [7, 11) is 0. The van der Waals surface area contributed by atoms with Gasteiger partial charge >= 0.3 is 0 Å². The molecule has 6 heteroatoms. The lowest BCUT2D eigenvalue weighted by molar-refractivity contribution is -0.121. The highest BCUT2D eigenvalue weighted by atomic mass is 79.9. The number of amides is 1. The lowest BCUT2D eigenvalue weighted by Gasteiger charge is -2.04. The second kappa shape index (κ2) is 7.73. The fourth-order valence-electron chi connectivity index (χ4n) is 1.73. The summed E-state index contributed by atoms with van der Waals surface area (Å²) < 4.78 is 1.62. The third-order valence-electron chi connectivity index (χ3n) is 2.83. The van der Waals surface area contributed by atoms with Crippen molar-refractivity contribution < 1.29 is 9.59 Å². The van der Waals surface area contributed by atoms with Gasteiger partial charge < -0.3 is 5.32 Å². The zero-order chi connectivity index (χ0) is 15.2. The van der Waals surface area contributed by atoms with E-state index in [1.54, 1.807) is 18.2 Å². The van der Waals surface area contributed by atoms with Crippen molar-refractivity contribution in [2.24, 2.45) is 0 Å². The van der Waals surface area contributed by atoms with Crippen LogP contribution < -0.4 is 5.32 Å². The minimum absolute atomic E-state index is 0.0307. The molecule has 0 fully saturated rings. The van der Waals surface area contributed by atoms with E-state index in [2.05, 4.69) is 21.2 Å². The summed E-state index contributed by atoms with van der Waals surface area (Å²) in [5, 5.41) is 2.78. The zero-order valence-electron chi connectivity index (χ0n) is 11.1. The molecule has 0 aliphatic heterocycles. The van der Waals surface area contributed by atoms with Gasteiger partial charge in [0.1, 0.15) is 0 Å². The number of thiophene rings is 1. The summed E-state index contributed by atoms with van der Waals surface area (Å²) in [5.41, 5.74) is 0.621. The Kier molecular flexibility index (Phi) is 5.96. The van der Waals surface area contributed by atoms with Crippen molar-refractivity contribution in [3.8, 4) is 0 Å². The van der Waals surface area contributed by atoms with Crippen molar-refractivity contribution in [2.45, 2.75) is 19.4 Å². The number of Topliss-reactive ketones (excluding diaryl/α,β-unsaturated/α-hetero) is 1. The zero-order valence-corrected chi connectivity index (χ0v) is 14.2. The van der Waals surface area contributed by atoms with Crippen LogP contribution >= 0.6 is 38.9 Å². The Hall–Kier alpha value is -1.17. The molecule has 110 valence electrons. The van der Waals surface area contributed by atoms with Gasteiger partial charge in [0.05, 0.1) is 10.9 Å². The highest BCUT2D eigenvalue weighted by molar-refractivity contribution is 9.10. The van der Waals surface area contributed by atoms with Crippen LogP contribution in [0.1, 0.15) is 28.1 Å². The maximum atomic E-state index is 11.9. The summed E-state index contributed by atoms with van der Waals surface area (Å²) >= 11 is 10.6. The van der Waals surface area contributed by atoms with Crippen LogP contribution in [0.15, 0.2) is 40.9 Å². The van der Waals surface area contributed by atoms with Gasteiger partial charge in [-0.15, -0.1) is 11.3 Å². The standard InChI is InChI=1S/C15H13BrClNO2S/c16-11-3-1-10(2-4-11)13(19)6-8-15(20)18-9-12-5-7-14(17)21-12/h1-5,7H,6,8-9H2,(H,18,20). The third-order valence-corrected chi connectivity index (χ3v) is 4.59. The molecule has 21 heavy (non-hydrogen) atoms. The molecular weight excluding hydrogens is 374 g/mol. The summed E-state index contributed by atoms with van der Waals surface area (Å²) in [4.78, 5) is 24.6. The fraction of sp³-hybridized carbons (Fsp3) is 0.200. The molecule has 0 radical (unpaired) electrons. The predicted octanol–water partition coefficient (Wildman–Crippen LogP) is 4.44. The maximum absolute atomic E-state index is 11.9. The van der Waals surface area contributed by atoms with Gasteiger partial charge in [-0.1, -0.05) is 39.7 Å². The van der Waals surface area contributed by atoms with Crippen LogP contribution in [-0.2, 0) is 11.3 Å². The van der Waals surface area contributed by atoms with Crippen LogP contribution in [0.25, 0.3) is 0 Å². The number of ketones is 1. The maximum Gasteiger partial charge on any atom is 0.220 e. The minimum atomic E-state index is -0.134. The van der Waals surface area contributed by atoms with Gasteiger partial charge in [-0.25, -0.2) is 0 Å². The number of halogens is 2. The van der Waals surface area contributed by atoms with Crippen LogP contribution in [0, 0.1) is 0 Å². The molecule has 0 saturated heterocycles. The van der Waals surface area contributed by atoms with Gasteiger partial charge in [-0.2, -0.15) is 0 Å². The molecular formula is C15H13BrClNO2S. The van der Waals surface area contributed by atoms with E-state index in [0.717, 1.165) is 9.35 Å². The smallest absolute Gasteiger partial charge is 0.220 e. The number of hydrogen-bond donors (Lipinski definition) is 1. The van der Waals surface area contributed by atoms with Crippen molar-refractivity contribution in [1.82, 2.24) is 5.32 Å². The van der Waals surface area contributed by atoms with E-state index in [4.69, 9.17) is 11.6 Å². The molecule has 1 heterocycles. The van der Waals surface area contributed by atoms with Crippen LogP contribution in [-0.4, -0.2) is 11.7 Å². The monoisotopic (exact) mass is 385 g/mol. The molecule has 0 aliphatic carbocycles. The Balaban J connectivity index is 1.75. The largest absolute Gasteiger partial charge is 0.351 e. The topological polar surface area (TPSA) is 46.2 Å². The Morgan fingerprint density at radius 2 is 1.81 bits per heavy atom. The van der Waals surface area contributed by atoms with E-state index in [1.807, 2.05) is 18.2 Å². The minimum Gasteiger partial charge on any atom is -0.351 e. The highest BCUT2D eigenvalue weighted by Crippen LogP contribution is 2.21. The van der Waals surface area contributed by atoms with Gasteiger partial charge in [-0.3, -0.25) is 9.59 Å². The van der Waals surface area contributed by atoms with E-state index in [9.17, 15) is 9.59 Å². The molecule has 2 rings (SSSR count). The number of carbonyl (C=O) groups excluding carboxylic acids is 2. The summed E-state index contributed by atoms with van der Waals surface area (Å²) in [5.74, 6) is -0.165. The lowest BCUT2D eigenvalue weighted by atomic mass is 10.1. The van der Waals surface area contributed by atoms with Crippen molar-refractivity contribution in [2.75, 3.05) is 0 Å².